The lowest BCUT2D eigenvalue weighted by atomic mass is 10.1. The molecule has 1 N–H and O–H groups in total. The predicted molar refractivity (Wildman–Crippen MR) is 122 cm³/mol. The van der Waals surface area contributed by atoms with Gasteiger partial charge < -0.3 is 9.15 Å². The largest absolute Gasteiger partial charge is 0.497 e. The van der Waals surface area contributed by atoms with E-state index in [-0.39, 0.29) is 0 Å². The highest BCUT2D eigenvalue weighted by Gasteiger charge is 2.08. The molecule has 148 valence electrons. The number of hydrogen-bond donors (Lipinski definition) is 1. The number of hydrogen-bond acceptors (Lipinski definition) is 6. The van der Waals surface area contributed by atoms with Crippen LogP contribution in [0, 0.1) is 6.92 Å². The van der Waals surface area contributed by atoms with Crippen molar-refractivity contribution in [3.8, 4) is 17.1 Å². The molecule has 5 aromatic rings. The number of ether oxygens (including phenoxy) is 1. The van der Waals surface area contributed by atoms with Crippen LogP contribution in [0.15, 0.2) is 82.3 Å². The molecule has 2 heterocycles. The van der Waals surface area contributed by atoms with Crippen LogP contribution >= 0.6 is 11.3 Å². The molecule has 6 heteroatoms. The number of thiazole rings is 1. The maximum absolute atomic E-state index is 6.20. The van der Waals surface area contributed by atoms with Crippen LogP contribution in [0.4, 0.5) is 5.13 Å². The van der Waals surface area contributed by atoms with Crippen molar-refractivity contribution in [2.45, 2.75) is 6.92 Å². The highest BCUT2D eigenvalue weighted by atomic mass is 32.1. The number of aromatic nitrogens is 1. The fourth-order valence-corrected chi connectivity index (χ4v) is 4.10. The Hall–Kier alpha value is -3.64. The van der Waals surface area contributed by atoms with Crippen molar-refractivity contribution >= 4 is 37.7 Å². The summed E-state index contributed by atoms with van der Waals surface area (Å²) in [4.78, 5) is 4.60. The Balaban J connectivity index is 1.62. The van der Waals surface area contributed by atoms with Gasteiger partial charge in [0.15, 0.2) is 0 Å². The van der Waals surface area contributed by atoms with E-state index in [4.69, 9.17) is 9.15 Å². The van der Waals surface area contributed by atoms with E-state index < -0.39 is 0 Å². The number of rotatable bonds is 4. The molecule has 0 fully saturated rings. The molecule has 30 heavy (non-hydrogen) atoms. The summed E-state index contributed by atoms with van der Waals surface area (Å²) in [7, 11) is 1.66. The lowest BCUT2D eigenvalue weighted by molar-refractivity contribution is 0.415. The van der Waals surface area contributed by atoms with Crippen molar-refractivity contribution in [1.29, 1.82) is 0 Å². The van der Waals surface area contributed by atoms with Gasteiger partial charge in [0.05, 0.1) is 22.7 Å². The van der Waals surface area contributed by atoms with Gasteiger partial charge in [-0.05, 0) is 61.0 Å². The van der Waals surface area contributed by atoms with Crippen LogP contribution in [0.25, 0.3) is 32.5 Å². The minimum Gasteiger partial charge on any atom is -0.497 e. The van der Waals surface area contributed by atoms with Crippen LogP contribution in [0.5, 0.6) is 5.75 Å². The number of nitrogens with zero attached hydrogens (tertiary/aromatic N) is 2. The van der Waals surface area contributed by atoms with E-state index in [1.165, 1.54) is 0 Å². The van der Waals surface area contributed by atoms with Gasteiger partial charge in [-0.15, -0.1) is 0 Å². The molecule has 0 atom stereocenters. The van der Waals surface area contributed by atoms with Gasteiger partial charge in [-0.3, -0.25) is 5.43 Å². The molecule has 5 rings (SSSR count). The maximum atomic E-state index is 6.20. The van der Waals surface area contributed by atoms with Crippen molar-refractivity contribution in [3.05, 3.63) is 83.7 Å². The molecule has 2 aromatic heterocycles. The predicted octanol–water partition coefficient (Wildman–Crippen LogP) is 5.95. The molecule has 0 aliphatic rings. The van der Waals surface area contributed by atoms with Crippen LogP contribution in [0.1, 0.15) is 5.56 Å². The number of fused-ring (bicyclic) bond motifs is 2. The first kappa shape index (κ1) is 18.4. The first-order chi connectivity index (χ1) is 14.7. The van der Waals surface area contributed by atoms with E-state index in [2.05, 4.69) is 27.6 Å². The van der Waals surface area contributed by atoms with Crippen LogP contribution < -0.4 is 15.5 Å². The zero-order chi connectivity index (χ0) is 20.5. The topological polar surface area (TPSA) is 59.6 Å². The molecular formula is C24H19N3O2S. The summed E-state index contributed by atoms with van der Waals surface area (Å²) in [5.41, 5.74) is 6.95. The Labute approximate surface area is 177 Å². The summed E-state index contributed by atoms with van der Waals surface area (Å²) in [5.74, 6) is 1.54. The van der Waals surface area contributed by atoms with E-state index in [0.29, 0.717) is 0 Å². The minimum atomic E-state index is 0.737. The second-order valence-corrected chi connectivity index (χ2v) is 7.97. The number of methoxy groups -OCH3 is 1. The minimum absolute atomic E-state index is 0.737. The SMILES string of the molecule is COc1ccc(-c2c/c(=N/Nc3nc4ccccc4s3)c3ccc(C)cc3o2)cc1. The highest BCUT2D eigenvalue weighted by Crippen LogP contribution is 2.26. The van der Waals surface area contributed by atoms with Gasteiger partial charge in [-0.1, -0.05) is 29.5 Å². The van der Waals surface area contributed by atoms with Gasteiger partial charge in [0.2, 0.25) is 5.13 Å². The quantitative estimate of drug-likeness (QED) is 0.370. The van der Waals surface area contributed by atoms with Crippen molar-refractivity contribution in [1.82, 2.24) is 4.98 Å². The summed E-state index contributed by atoms with van der Waals surface area (Å²) in [6.45, 7) is 2.05. The number of benzene rings is 3. The lowest BCUT2D eigenvalue weighted by Crippen LogP contribution is -2.07. The normalized spacial score (nSPS) is 11.9. The molecular weight excluding hydrogens is 394 g/mol. The Bertz CT molecular complexity index is 1390. The van der Waals surface area contributed by atoms with Crippen LogP contribution in [-0.4, -0.2) is 12.1 Å². The van der Waals surface area contributed by atoms with E-state index in [1.54, 1.807) is 18.4 Å². The molecule has 0 spiro atoms. The summed E-state index contributed by atoms with van der Waals surface area (Å²) in [6, 6.07) is 23.9. The van der Waals surface area contributed by atoms with Crippen molar-refractivity contribution in [3.63, 3.8) is 0 Å². The summed E-state index contributed by atoms with van der Waals surface area (Å²) >= 11 is 1.58. The third-order valence-electron chi connectivity index (χ3n) is 4.84. The molecule has 0 saturated heterocycles. The van der Waals surface area contributed by atoms with Gasteiger partial charge in [0.25, 0.3) is 0 Å². The van der Waals surface area contributed by atoms with Crippen molar-refractivity contribution in [2.24, 2.45) is 5.10 Å². The Morgan fingerprint density at radius 1 is 1.00 bits per heavy atom. The lowest BCUT2D eigenvalue weighted by Gasteiger charge is -2.07. The van der Waals surface area contributed by atoms with E-state index in [1.807, 2.05) is 67.6 Å². The average molecular weight is 414 g/mol. The van der Waals surface area contributed by atoms with Gasteiger partial charge in [0.1, 0.15) is 17.1 Å². The number of aryl methyl sites for hydroxylation is 1. The fourth-order valence-electron chi connectivity index (χ4n) is 3.29. The molecule has 0 aliphatic heterocycles. The van der Waals surface area contributed by atoms with E-state index in [9.17, 15) is 0 Å². The molecule has 0 unspecified atom stereocenters. The van der Waals surface area contributed by atoms with Crippen molar-refractivity contribution < 1.29 is 9.15 Å². The summed E-state index contributed by atoms with van der Waals surface area (Å²) in [5, 5.41) is 7.15. The Morgan fingerprint density at radius 3 is 2.63 bits per heavy atom. The van der Waals surface area contributed by atoms with Gasteiger partial charge in [0, 0.05) is 17.0 Å². The number of anilines is 1. The van der Waals surface area contributed by atoms with Gasteiger partial charge in [-0.2, -0.15) is 5.10 Å². The van der Waals surface area contributed by atoms with E-state index in [0.717, 1.165) is 54.3 Å². The first-order valence-electron chi connectivity index (χ1n) is 9.54. The van der Waals surface area contributed by atoms with Gasteiger partial charge in [-0.25, -0.2) is 4.98 Å². The standard InChI is InChI=1S/C24H19N3O2S/c1-15-7-12-18-20(26-27-24-25-19-5-3-4-6-23(19)30-24)14-21(29-22(18)13-15)16-8-10-17(28-2)11-9-16/h3-14H,1-2H3,(H,25,27)/b26-20-. The third kappa shape index (κ3) is 3.53. The molecule has 5 nitrogen and oxygen atoms in total. The fraction of sp³-hybridized carbons (Fsp3) is 0.0833. The monoisotopic (exact) mass is 413 g/mol. The average Bonchev–Trinajstić information content (AvgIpc) is 3.20. The third-order valence-corrected chi connectivity index (χ3v) is 5.78. The summed E-state index contributed by atoms with van der Waals surface area (Å²) in [6.07, 6.45) is 0. The second-order valence-electron chi connectivity index (χ2n) is 6.93. The van der Waals surface area contributed by atoms with Gasteiger partial charge >= 0.3 is 0 Å². The number of nitrogens with one attached hydrogen (secondary N) is 1. The molecule has 0 bridgehead atoms. The zero-order valence-corrected chi connectivity index (χ0v) is 17.4. The molecule has 0 saturated carbocycles. The summed E-state index contributed by atoms with van der Waals surface area (Å²) < 4.78 is 12.6. The van der Waals surface area contributed by atoms with Crippen LogP contribution in [0.3, 0.4) is 0 Å². The molecule has 0 aliphatic carbocycles. The highest BCUT2D eigenvalue weighted by molar-refractivity contribution is 7.22. The molecule has 0 amide bonds. The maximum Gasteiger partial charge on any atom is 0.204 e. The smallest absolute Gasteiger partial charge is 0.204 e. The Kier molecular flexibility index (Phi) is 4.69. The van der Waals surface area contributed by atoms with Crippen molar-refractivity contribution in [2.75, 3.05) is 12.5 Å². The van der Waals surface area contributed by atoms with Crippen LogP contribution in [-0.2, 0) is 0 Å². The zero-order valence-electron chi connectivity index (χ0n) is 16.5. The second kappa shape index (κ2) is 7.65. The number of para-hydroxylation sites is 1. The van der Waals surface area contributed by atoms with E-state index >= 15 is 0 Å². The molecule has 3 aromatic carbocycles. The van der Waals surface area contributed by atoms with Crippen LogP contribution in [0.2, 0.25) is 0 Å². The molecule has 0 radical (unpaired) electrons. The first-order valence-corrected chi connectivity index (χ1v) is 10.4. The Morgan fingerprint density at radius 2 is 1.83 bits per heavy atom.